The third-order valence-corrected chi connectivity index (χ3v) is 3.57. The topological polar surface area (TPSA) is 155 Å². The van der Waals surface area contributed by atoms with Crippen LogP contribution in [0.5, 0.6) is 0 Å². The Balaban J connectivity index is 1.80. The summed E-state index contributed by atoms with van der Waals surface area (Å²) < 4.78 is 12.5. The summed E-state index contributed by atoms with van der Waals surface area (Å²) in [5.41, 5.74) is 12.3. The molecule has 1 aliphatic rings. The van der Waals surface area contributed by atoms with Gasteiger partial charge in [0.05, 0.1) is 19.5 Å². The maximum absolute atomic E-state index is 10.2. The average Bonchev–Trinajstić information content (AvgIpc) is 3.04. The number of aromatic nitrogens is 4. The summed E-state index contributed by atoms with van der Waals surface area (Å²) in [6.07, 6.45) is -1.14. The molecule has 0 aliphatic carbocycles. The fraction of sp³-hybridized carbons (Fsp3) is 0.462. The Morgan fingerprint density at radius 2 is 2.13 bits per heavy atom. The lowest BCUT2D eigenvalue weighted by Crippen LogP contribution is -2.34. The van der Waals surface area contributed by atoms with Crippen LogP contribution in [-0.2, 0) is 9.47 Å². The minimum Gasteiger partial charge on any atom is -0.401 e. The summed E-state index contributed by atoms with van der Waals surface area (Å²) in [7, 11) is 0. The number of aliphatic hydroxyl groups excluding tert-OH is 2. The summed E-state index contributed by atoms with van der Waals surface area (Å²) in [5, 5.41) is 20.4. The molecule has 10 heteroatoms. The van der Waals surface area contributed by atoms with Crippen LogP contribution in [-0.4, -0.2) is 61.3 Å². The van der Waals surface area contributed by atoms with E-state index in [-0.39, 0.29) is 19.0 Å². The van der Waals surface area contributed by atoms with Crippen LogP contribution in [0, 0.1) is 0 Å². The van der Waals surface area contributed by atoms with Gasteiger partial charge in [-0.25, -0.2) is 15.0 Å². The Hall–Kier alpha value is -2.27. The lowest BCUT2D eigenvalue weighted by atomic mass is 10.1. The van der Waals surface area contributed by atoms with E-state index in [2.05, 4.69) is 21.5 Å². The first-order valence-corrected chi connectivity index (χ1v) is 6.94. The van der Waals surface area contributed by atoms with Crippen LogP contribution in [0.4, 0.5) is 5.82 Å². The van der Waals surface area contributed by atoms with Gasteiger partial charge in [0.25, 0.3) is 0 Å². The van der Waals surface area contributed by atoms with Gasteiger partial charge in [-0.2, -0.15) is 0 Å². The molecule has 0 amide bonds. The number of rotatable bonds is 5. The van der Waals surface area contributed by atoms with Crippen molar-refractivity contribution in [1.29, 1.82) is 0 Å². The minimum atomic E-state index is -1.17. The molecule has 1 saturated heterocycles. The molecule has 1 aliphatic heterocycles. The van der Waals surface area contributed by atoms with E-state index >= 15 is 0 Å². The van der Waals surface area contributed by atoms with Gasteiger partial charge in [0, 0.05) is 5.70 Å². The number of anilines is 1. The SMILES string of the molecule is C=C(N)COC[C@H]1O[C@@H](n2cnc3c(N)ncnc32)[C@H](O)[C@@H]1O. The fourth-order valence-electron chi connectivity index (χ4n) is 2.46. The third-order valence-electron chi connectivity index (χ3n) is 3.57. The first-order chi connectivity index (χ1) is 11.0. The number of imidazole rings is 1. The Bertz CT molecular complexity index is 720. The van der Waals surface area contributed by atoms with E-state index in [1.165, 1.54) is 17.2 Å². The van der Waals surface area contributed by atoms with Crippen molar-refractivity contribution < 1.29 is 19.7 Å². The number of hydrogen-bond acceptors (Lipinski definition) is 9. The number of nitrogen functional groups attached to an aromatic ring is 1. The highest BCUT2D eigenvalue weighted by atomic mass is 16.6. The molecule has 3 rings (SSSR count). The zero-order valence-electron chi connectivity index (χ0n) is 12.2. The Morgan fingerprint density at radius 1 is 1.35 bits per heavy atom. The molecular formula is C13H18N6O4. The maximum Gasteiger partial charge on any atom is 0.167 e. The number of nitrogens with two attached hydrogens (primary N) is 2. The van der Waals surface area contributed by atoms with Gasteiger partial charge in [-0.3, -0.25) is 4.57 Å². The summed E-state index contributed by atoms with van der Waals surface area (Å²) in [4.78, 5) is 12.1. The molecule has 0 saturated carbocycles. The number of fused-ring (bicyclic) bond motifs is 1. The summed E-state index contributed by atoms with van der Waals surface area (Å²) >= 11 is 0. The van der Waals surface area contributed by atoms with Crippen LogP contribution >= 0.6 is 0 Å². The minimum absolute atomic E-state index is 0.0642. The number of hydrogen-bond donors (Lipinski definition) is 4. The second kappa shape index (κ2) is 6.08. The van der Waals surface area contributed by atoms with Gasteiger partial charge in [0.1, 0.15) is 30.2 Å². The lowest BCUT2D eigenvalue weighted by Gasteiger charge is -2.16. The third kappa shape index (κ3) is 2.84. The molecule has 10 nitrogen and oxygen atoms in total. The van der Waals surface area contributed by atoms with Crippen molar-refractivity contribution in [3.05, 3.63) is 24.9 Å². The second-order valence-electron chi connectivity index (χ2n) is 5.30. The lowest BCUT2D eigenvalue weighted by molar-refractivity contribution is -0.0627. The van der Waals surface area contributed by atoms with Crippen molar-refractivity contribution >= 4 is 17.0 Å². The predicted molar refractivity (Wildman–Crippen MR) is 79.8 cm³/mol. The maximum atomic E-state index is 10.2. The van der Waals surface area contributed by atoms with Crippen molar-refractivity contribution in [3.8, 4) is 0 Å². The molecular weight excluding hydrogens is 304 g/mol. The fourth-order valence-corrected chi connectivity index (χ4v) is 2.46. The highest BCUT2D eigenvalue weighted by Gasteiger charge is 2.44. The van der Waals surface area contributed by atoms with Gasteiger partial charge in [-0.1, -0.05) is 6.58 Å². The van der Waals surface area contributed by atoms with Gasteiger partial charge in [0.15, 0.2) is 17.7 Å². The van der Waals surface area contributed by atoms with Crippen LogP contribution in [0.15, 0.2) is 24.9 Å². The Labute approximate surface area is 131 Å². The van der Waals surface area contributed by atoms with E-state index < -0.39 is 24.5 Å². The first kappa shape index (κ1) is 15.6. The molecule has 0 unspecified atom stereocenters. The molecule has 23 heavy (non-hydrogen) atoms. The molecule has 1 fully saturated rings. The standard InChI is InChI=1S/C13H18N6O4/c1-6(14)2-22-3-7-9(20)10(21)13(23-7)19-5-18-8-11(15)16-4-17-12(8)19/h4-5,7,9-10,13,20-21H,1-3,14H2,(H2,15,16,17)/t7-,9-,10-,13-/m1/s1. The van der Waals surface area contributed by atoms with Gasteiger partial charge in [0.2, 0.25) is 0 Å². The van der Waals surface area contributed by atoms with Crippen LogP contribution in [0.25, 0.3) is 11.2 Å². The molecule has 0 radical (unpaired) electrons. The number of ether oxygens (including phenoxy) is 2. The summed E-state index contributed by atoms with van der Waals surface area (Å²) in [6.45, 7) is 3.72. The number of aliphatic hydroxyl groups is 2. The van der Waals surface area contributed by atoms with Crippen LogP contribution in [0.2, 0.25) is 0 Å². The molecule has 0 aromatic carbocycles. The van der Waals surface area contributed by atoms with Gasteiger partial charge < -0.3 is 31.2 Å². The van der Waals surface area contributed by atoms with E-state index in [0.717, 1.165) is 0 Å². The van der Waals surface area contributed by atoms with E-state index in [1.54, 1.807) is 0 Å². The molecule has 6 N–H and O–H groups in total. The van der Waals surface area contributed by atoms with Gasteiger partial charge in [-0.05, 0) is 0 Å². The summed E-state index contributed by atoms with van der Waals surface area (Å²) in [6, 6.07) is 0. The van der Waals surface area contributed by atoms with Crippen LogP contribution in [0.3, 0.4) is 0 Å². The largest absolute Gasteiger partial charge is 0.401 e. The molecule has 0 bridgehead atoms. The molecule has 0 spiro atoms. The predicted octanol–water partition coefficient (Wildman–Crippen LogP) is -1.48. The molecule has 124 valence electrons. The van der Waals surface area contributed by atoms with Gasteiger partial charge in [-0.15, -0.1) is 0 Å². The van der Waals surface area contributed by atoms with E-state index in [9.17, 15) is 10.2 Å². The van der Waals surface area contributed by atoms with E-state index in [4.69, 9.17) is 20.9 Å². The van der Waals surface area contributed by atoms with Crippen LogP contribution < -0.4 is 11.5 Å². The highest BCUT2D eigenvalue weighted by Crippen LogP contribution is 2.32. The highest BCUT2D eigenvalue weighted by molar-refractivity contribution is 5.81. The van der Waals surface area contributed by atoms with Gasteiger partial charge >= 0.3 is 0 Å². The monoisotopic (exact) mass is 322 g/mol. The Kier molecular flexibility index (Phi) is 4.13. The van der Waals surface area contributed by atoms with E-state index in [1.807, 2.05) is 0 Å². The van der Waals surface area contributed by atoms with Crippen molar-refractivity contribution in [2.45, 2.75) is 24.5 Å². The van der Waals surface area contributed by atoms with E-state index in [0.29, 0.717) is 16.9 Å². The average molecular weight is 322 g/mol. The van der Waals surface area contributed by atoms with Crippen molar-refractivity contribution in [1.82, 2.24) is 19.5 Å². The van der Waals surface area contributed by atoms with Crippen LogP contribution in [0.1, 0.15) is 6.23 Å². The smallest absolute Gasteiger partial charge is 0.167 e. The summed E-state index contributed by atoms with van der Waals surface area (Å²) in [5.74, 6) is 0.225. The normalized spacial score (nSPS) is 27.6. The van der Waals surface area contributed by atoms with Crippen molar-refractivity contribution in [3.63, 3.8) is 0 Å². The molecule has 3 heterocycles. The second-order valence-corrected chi connectivity index (χ2v) is 5.30. The molecule has 4 atom stereocenters. The first-order valence-electron chi connectivity index (χ1n) is 6.94. The van der Waals surface area contributed by atoms with Crippen molar-refractivity contribution in [2.24, 2.45) is 5.73 Å². The number of nitrogens with zero attached hydrogens (tertiary/aromatic N) is 4. The Morgan fingerprint density at radius 3 is 2.87 bits per heavy atom. The zero-order chi connectivity index (χ0) is 16.6. The van der Waals surface area contributed by atoms with Crippen molar-refractivity contribution in [2.75, 3.05) is 18.9 Å². The zero-order valence-corrected chi connectivity index (χ0v) is 12.2. The quantitative estimate of drug-likeness (QED) is 0.515. The molecule has 2 aromatic rings. The molecule has 2 aromatic heterocycles.